The Labute approximate surface area is 297 Å². The van der Waals surface area contributed by atoms with Crippen LogP contribution in [0, 0.1) is 0 Å². The van der Waals surface area contributed by atoms with Gasteiger partial charge in [0.25, 0.3) is 0 Å². The highest BCUT2D eigenvalue weighted by Gasteiger charge is 2.24. The van der Waals surface area contributed by atoms with Crippen molar-refractivity contribution in [2.45, 2.75) is 44.7 Å². The molecule has 2 heterocycles. The number of benzene rings is 4. The summed E-state index contributed by atoms with van der Waals surface area (Å²) in [5, 5.41) is 29.9. The topological polar surface area (TPSA) is 217 Å². The number of urea groups is 1. The number of para-hydroxylation sites is 1. The summed E-state index contributed by atoms with van der Waals surface area (Å²) in [5.41, 5.74) is 9.40. The number of carboxylic acid groups (broad SMARTS) is 1. The lowest BCUT2D eigenvalue weighted by atomic mass is 9.90. The van der Waals surface area contributed by atoms with Gasteiger partial charge in [0.05, 0.1) is 17.6 Å². The minimum Gasteiger partial charge on any atom is -0.508 e. The van der Waals surface area contributed by atoms with Gasteiger partial charge in [0.2, 0.25) is 5.91 Å². The second kappa shape index (κ2) is 15.2. The average Bonchev–Trinajstić information content (AvgIpc) is 3.52. The Kier molecular flexibility index (Phi) is 10.3. The standard InChI is InChI=1S/C39H37N5O8/c1-21(45)33(16-22-20-42-32-8-3-2-6-26(22)32)44-37(48)31(40)7-4-5-15-41-39(51)43-23-9-12-27(30(17-23)38(49)50)36-28-13-10-24(46)18-34(28)52-35-19-25(47)11-14-29(35)36/h2-3,6,8-14,17-20,31,33,42,46H,4-5,7,15-16,40H2,1H3,(H,44,48)(H,49,50)(H2,41,43,51). The molecule has 0 saturated heterocycles. The number of nitrogens with two attached hydrogens (primary N) is 1. The van der Waals surface area contributed by atoms with Gasteiger partial charge in [0.15, 0.2) is 11.2 Å². The van der Waals surface area contributed by atoms with E-state index in [0.717, 1.165) is 16.5 Å². The molecule has 2 unspecified atom stereocenters. The molecular weight excluding hydrogens is 666 g/mol. The molecule has 13 heteroatoms. The van der Waals surface area contributed by atoms with E-state index >= 15 is 0 Å². The maximum atomic E-state index is 12.8. The van der Waals surface area contributed by atoms with Crippen molar-refractivity contribution in [2.75, 3.05) is 11.9 Å². The number of Topliss-reactive ketones (excluding diaryl/α,β-unsaturated/α-hetero) is 1. The van der Waals surface area contributed by atoms with Crippen LogP contribution < -0.4 is 27.1 Å². The Morgan fingerprint density at radius 3 is 2.50 bits per heavy atom. The normalized spacial score (nSPS) is 12.4. The van der Waals surface area contributed by atoms with Crippen molar-refractivity contribution in [1.82, 2.24) is 15.6 Å². The predicted molar refractivity (Wildman–Crippen MR) is 197 cm³/mol. The first kappa shape index (κ1) is 35.4. The van der Waals surface area contributed by atoms with E-state index in [1.807, 2.05) is 30.5 Å². The molecule has 0 spiro atoms. The number of ketones is 1. The van der Waals surface area contributed by atoms with Gasteiger partial charge in [-0.1, -0.05) is 24.3 Å². The smallest absolute Gasteiger partial charge is 0.336 e. The Balaban J connectivity index is 1.04. The first-order valence-corrected chi connectivity index (χ1v) is 16.7. The van der Waals surface area contributed by atoms with Crippen LogP contribution >= 0.6 is 0 Å². The number of carbonyl (C=O) groups excluding carboxylic acids is 3. The first-order chi connectivity index (χ1) is 25.0. The predicted octanol–water partition coefficient (Wildman–Crippen LogP) is 5.39. The number of phenols is 1. The SMILES string of the molecule is CC(=O)C(Cc1c[nH]c2ccccc12)NC(=O)C(N)CCCCNC(=O)Nc1ccc(-c2c3ccc(=O)cc-3oc3cc(O)ccc23)c(C(=O)O)c1. The number of hydrogen-bond acceptors (Lipinski definition) is 8. The van der Waals surface area contributed by atoms with Gasteiger partial charge in [-0.2, -0.15) is 0 Å². The number of anilines is 1. The summed E-state index contributed by atoms with van der Waals surface area (Å²) < 4.78 is 5.87. The molecule has 8 N–H and O–H groups in total. The first-order valence-electron chi connectivity index (χ1n) is 16.7. The fourth-order valence-electron chi connectivity index (χ4n) is 6.26. The number of rotatable bonds is 13. The molecule has 3 aromatic carbocycles. The molecule has 13 nitrogen and oxygen atoms in total. The van der Waals surface area contributed by atoms with Gasteiger partial charge in [-0.15, -0.1) is 0 Å². The number of amides is 3. The maximum absolute atomic E-state index is 12.8. The van der Waals surface area contributed by atoms with Crippen LogP contribution in [0.1, 0.15) is 42.1 Å². The number of phenolic OH excluding ortho intramolecular Hbond substituents is 1. The quantitative estimate of drug-likeness (QED) is 0.0606. The van der Waals surface area contributed by atoms with Crippen LogP contribution in [0.2, 0.25) is 0 Å². The molecule has 6 rings (SSSR count). The Bertz CT molecular complexity index is 2350. The summed E-state index contributed by atoms with van der Waals surface area (Å²) >= 11 is 0. The van der Waals surface area contributed by atoms with E-state index in [1.54, 1.807) is 24.3 Å². The molecule has 2 atom stereocenters. The highest BCUT2D eigenvalue weighted by atomic mass is 16.4. The average molecular weight is 704 g/mol. The second-order valence-electron chi connectivity index (χ2n) is 12.6. The molecule has 1 aliphatic carbocycles. The summed E-state index contributed by atoms with van der Waals surface area (Å²) in [4.78, 5) is 65.6. The highest BCUT2D eigenvalue weighted by Crippen LogP contribution is 2.42. The van der Waals surface area contributed by atoms with Gasteiger partial charge >= 0.3 is 12.0 Å². The highest BCUT2D eigenvalue weighted by molar-refractivity contribution is 6.08. The van der Waals surface area contributed by atoms with Gasteiger partial charge in [-0.25, -0.2) is 9.59 Å². The largest absolute Gasteiger partial charge is 0.508 e. The fraction of sp³-hybridized carbons (Fsp3) is 0.205. The summed E-state index contributed by atoms with van der Waals surface area (Å²) in [5.74, 6) is -1.69. The summed E-state index contributed by atoms with van der Waals surface area (Å²) in [7, 11) is 0. The van der Waals surface area contributed by atoms with Gasteiger partial charge < -0.3 is 41.3 Å². The molecule has 1 aliphatic heterocycles. The zero-order valence-electron chi connectivity index (χ0n) is 28.2. The van der Waals surface area contributed by atoms with Crippen molar-refractivity contribution < 1.29 is 33.8 Å². The second-order valence-corrected chi connectivity index (χ2v) is 12.6. The van der Waals surface area contributed by atoms with Crippen LogP contribution in [0.5, 0.6) is 5.75 Å². The molecule has 2 aliphatic rings. The number of carboxylic acids is 1. The summed E-state index contributed by atoms with van der Waals surface area (Å²) in [6.45, 7) is 1.70. The molecule has 266 valence electrons. The molecule has 3 amide bonds. The van der Waals surface area contributed by atoms with Gasteiger partial charge in [-0.3, -0.25) is 14.4 Å². The van der Waals surface area contributed by atoms with Crippen LogP contribution in [0.15, 0.2) is 94.3 Å². The van der Waals surface area contributed by atoms with Crippen molar-refractivity contribution in [3.63, 3.8) is 0 Å². The number of aromatic nitrogens is 1. The van der Waals surface area contributed by atoms with Gasteiger partial charge in [0, 0.05) is 64.4 Å². The number of fused-ring (bicyclic) bond motifs is 3. The minimum atomic E-state index is -1.24. The lowest BCUT2D eigenvalue weighted by Gasteiger charge is -2.19. The van der Waals surface area contributed by atoms with Crippen molar-refractivity contribution in [3.05, 3.63) is 106 Å². The third-order valence-corrected chi connectivity index (χ3v) is 8.92. The van der Waals surface area contributed by atoms with E-state index in [1.165, 1.54) is 37.3 Å². The van der Waals surface area contributed by atoms with E-state index in [2.05, 4.69) is 20.9 Å². The summed E-state index contributed by atoms with van der Waals surface area (Å²) in [6, 6.07) is 18.7. The van der Waals surface area contributed by atoms with E-state index in [0.29, 0.717) is 47.8 Å². The molecule has 0 saturated carbocycles. The number of aromatic carboxylic acids is 1. The Hall–Kier alpha value is -6.47. The number of unbranched alkanes of at least 4 members (excludes halogenated alkanes) is 1. The van der Waals surface area contributed by atoms with Crippen LogP contribution in [-0.4, -0.2) is 57.5 Å². The molecule has 1 aromatic heterocycles. The fourth-order valence-corrected chi connectivity index (χ4v) is 6.26. The van der Waals surface area contributed by atoms with Crippen molar-refractivity contribution in [1.29, 1.82) is 0 Å². The lowest BCUT2D eigenvalue weighted by Crippen LogP contribution is -2.48. The van der Waals surface area contributed by atoms with Crippen molar-refractivity contribution in [3.8, 4) is 28.2 Å². The zero-order chi connectivity index (χ0) is 36.9. The van der Waals surface area contributed by atoms with E-state index in [4.69, 9.17) is 10.2 Å². The van der Waals surface area contributed by atoms with Gasteiger partial charge in [-0.05, 0) is 79.8 Å². The van der Waals surface area contributed by atoms with E-state index in [9.17, 15) is 34.2 Å². The monoisotopic (exact) mass is 703 g/mol. The lowest BCUT2D eigenvalue weighted by molar-refractivity contribution is -0.127. The minimum absolute atomic E-state index is 0.0619. The third kappa shape index (κ3) is 7.79. The van der Waals surface area contributed by atoms with Gasteiger partial charge in [0.1, 0.15) is 17.1 Å². The Morgan fingerprint density at radius 2 is 1.71 bits per heavy atom. The van der Waals surface area contributed by atoms with E-state index in [-0.39, 0.29) is 46.1 Å². The number of aromatic hydroxyl groups is 1. The Morgan fingerprint density at radius 1 is 0.923 bits per heavy atom. The molecule has 0 bridgehead atoms. The third-order valence-electron chi connectivity index (χ3n) is 8.92. The van der Waals surface area contributed by atoms with E-state index < -0.39 is 30.0 Å². The molecule has 0 fully saturated rings. The van der Waals surface area contributed by atoms with Crippen LogP contribution in [0.3, 0.4) is 0 Å². The van der Waals surface area contributed by atoms with Crippen LogP contribution in [0.4, 0.5) is 10.5 Å². The number of aromatic amines is 1. The molecule has 52 heavy (non-hydrogen) atoms. The van der Waals surface area contributed by atoms with Crippen molar-refractivity contribution in [2.24, 2.45) is 5.73 Å². The number of hydrogen-bond donors (Lipinski definition) is 7. The zero-order valence-corrected chi connectivity index (χ0v) is 28.2. The number of carbonyl (C=O) groups is 4. The number of H-pyrrole nitrogens is 1. The summed E-state index contributed by atoms with van der Waals surface area (Å²) in [6.07, 6.45) is 3.54. The van der Waals surface area contributed by atoms with Crippen LogP contribution in [-0.2, 0) is 16.0 Å². The molecular formula is C39H37N5O8. The number of nitrogens with one attached hydrogen (secondary N) is 4. The molecule has 0 radical (unpaired) electrons. The van der Waals surface area contributed by atoms with Crippen molar-refractivity contribution >= 4 is 51.3 Å². The maximum Gasteiger partial charge on any atom is 0.336 e. The molecule has 4 aromatic rings. The van der Waals surface area contributed by atoms with Crippen LogP contribution in [0.25, 0.3) is 44.3 Å².